The van der Waals surface area contributed by atoms with Gasteiger partial charge in [0.15, 0.2) is 0 Å². The third-order valence-corrected chi connectivity index (χ3v) is 7.14. The van der Waals surface area contributed by atoms with Gasteiger partial charge in [-0.3, -0.25) is 13.9 Å². The highest BCUT2D eigenvalue weighted by atomic mass is 32.2. The summed E-state index contributed by atoms with van der Waals surface area (Å²) in [6, 6.07) is 14.1. The van der Waals surface area contributed by atoms with E-state index in [1.165, 1.54) is 4.90 Å². The lowest BCUT2D eigenvalue weighted by atomic mass is 10.0. The van der Waals surface area contributed by atoms with Crippen LogP contribution in [0, 0.1) is 6.92 Å². The summed E-state index contributed by atoms with van der Waals surface area (Å²) in [4.78, 5) is 27.8. The van der Waals surface area contributed by atoms with Crippen LogP contribution in [-0.2, 0) is 26.2 Å². The highest BCUT2D eigenvalue weighted by Gasteiger charge is 2.30. The highest BCUT2D eigenvalue weighted by molar-refractivity contribution is 7.92. The summed E-state index contributed by atoms with van der Waals surface area (Å²) in [7, 11) is -3.74. The van der Waals surface area contributed by atoms with Crippen molar-refractivity contribution in [1.82, 2.24) is 10.2 Å². The van der Waals surface area contributed by atoms with Crippen molar-refractivity contribution in [3.8, 4) is 0 Å². The lowest BCUT2D eigenvalue weighted by Gasteiger charge is -2.31. The van der Waals surface area contributed by atoms with Crippen LogP contribution in [0.5, 0.6) is 0 Å². The lowest BCUT2D eigenvalue weighted by molar-refractivity contribution is -0.139. The number of sulfonamides is 1. The molecule has 192 valence electrons. The van der Waals surface area contributed by atoms with Crippen LogP contribution in [0.3, 0.4) is 0 Å². The minimum atomic E-state index is -3.74. The van der Waals surface area contributed by atoms with Gasteiger partial charge in [-0.05, 0) is 49.4 Å². The summed E-state index contributed by atoms with van der Waals surface area (Å²) in [6.45, 7) is 10.1. The Morgan fingerprint density at radius 1 is 0.971 bits per heavy atom. The van der Waals surface area contributed by atoms with Crippen LogP contribution in [0.1, 0.15) is 63.1 Å². The van der Waals surface area contributed by atoms with Crippen molar-refractivity contribution in [2.75, 3.05) is 23.7 Å². The molecule has 0 aromatic heterocycles. The monoisotopic (exact) mass is 501 g/mol. The van der Waals surface area contributed by atoms with Gasteiger partial charge in [-0.25, -0.2) is 8.42 Å². The fourth-order valence-electron chi connectivity index (χ4n) is 3.65. The maximum absolute atomic E-state index is 13.5. The summed E-state index contributed by atoms with van der Waals surface area (Å²) in [5.41, 5.74) is 3.45. The predicted octanol–water partition coefficient (Wildman–Crippen LogP) is 4.22. The molecule has 0 heterocycles. The molecule has 2 aromatic carbocycles. The molecular formula is C27H39N3O4S. The van der Waals surface area contributed by atoms with E-state index in [0.717, 1.165) is 40.1 Å². The summed E-state index contributed by atoms with van der Waals surface area (Å²) < 4.78 is 26.4. The van der Waals surface area contributed by atoms with Crippen molar-refractivity contribution in [3.63, 3.8) is 0 Å². The second-order valence-electron chi connectivity index (χ2n) is 9.34. The van der Waals surface area contributed by atoms with Crippen molar-refractivity contribution in [2.24, 2.45) is 0 Å². The Hall–Kier alpha value is -2.87. The van der Waals surface area contributed by atoms with E-state index >= 15 is 0 Å². The zero-order valence-corrected chi connectivity index (χ0v) is 22.6. The summed E-state index contributed by atoms with van der Waals surface area (Å²) >= 11 is 0. The van der Waals surface area contributed by atoms with Gasteiger partial charge in [0.1, 0.15) is 12.6 Å². The van der Waals surface area contributed by atoms with Gasteiger partial charge < -0.3 is 10.2 Å². The van der Waals surface area contributed by atoms with Gasteiger partial charge in [0.2, 0.25) is 21.8 Å². The quantitative estimate of drug-likeness (QED) is 0.441. The molecule has 0 aliphatic heterocycles. The van der Waals surface area contributed by atoms with Gasteiger partial charge in [-0.2, -0.15) is 0 Å². The first-order chi connectivity index (χ1) is 16.4. The Balaban J connectivity index is 2.34. The standard InChI is InChI=1S/C27H39N3O4S/c1-7-8-17-28-27(32)22(5)29(18-23-11-9-21(4)10-12-23)26(31)19-30(35(6,33)34)25-15-13-24(14-16-25)20(2)3/h9-16,20,22H,7-8,17-19H2,1-6H3,(H,28,32)/t22-/m0/s1. The van der Waals surface area contributed by atoms with Gasteiger partial charge in [-0.15, -0.1) is 0 Å². The number of benzene rings is 2. The van der Waals surface area contributed by atoms with Crippen LogP contribution in [-0.4, -0.2) is 50.5 Å². The number of nitrogens with zero attached hydrogens (tertiary/aromatic N) is 2. The number of carbonyl (C=O) groups is 2. The molecule has 0 aliphatic rings. The number of rotatable bonds is 12. The first-order valence-corrected chi connectivity index (χ1v) is 14.0. The molecule has 35 heavy (non-hydrogen) atoms. The Morgan fingerprint density at radius 3 is 2.09 bits per heavy atom. The Labute approximate surface area is 210 Å². The minimum Gasteiger partial charge on any atom is -0.354 e. The van der Waals surface area contributed by atoms with Crippen LogP contribution in [0.4, 0.5) is 5.69 Å². The average molecular weight is 502 g/mol. The third-order valence-electron chi connectivity index (χ3n) is 6.00. The molecule has 0 radical (unpaired) electrons. The van der Waals surface area contributed by atoms with Crippen molar-refractivity contribution in [2.45, 2.75) is 66.0 Å². The van der Waals surface area contributed by atoms with E-state index in [1.54, 1.807) is 19.1 Å². The molecular weight excluding hydrogens is 462 g/mol. The molecule has 0 saturated carbocycles. The minimum absolute atomic E-state index is 0.200. The number of carbonyl (C=O) groups excluding carboxylic acids is 2. The Kier molecular flexibility index (Phi) is 10.3. The molecule has 1 N–H and O–H groups in total. The molecule has 2 rings (SSSR count). The van der Waals surface area contributed by atoms with Gasteiger partial charge in [0, 0.05) is 13.1 Å². The number of nitrogens with one attached hydrogen (secondary N) is 1. The van der Waals surface area contributed by atoms with Crippen LogP contribution in [0.15, 0.2) is 48.5 Å². The highest BCUT2D eigenvalue weighted by Crippen LogP contribution is 2.23. The second-order valence-corrected chi connectivity index (χ2v) is 11.3. The van der Waals surface area contributed by atoms with E-state index < -0.39 is 28.5 Å². The first-order valence-electron chi connectivity index (χ1n) is 12.1. The molecule has 1 atom stereocenters. The zero-order valence-electron chi connectivity index (χ0n) is 21.7. The van der Waals surface area contributed by atoms with Crippen molar-refractivity contribution in [3.05, 3.63) is 65.2 Å². The number of aryl methyl sites for hydroxylation is 1. The van der Waals surface area contributed by atoms with Crippen LogP contribution in [0.25, 0.3) is 0 Å². The number of unbranched alkanes of at least 4 members (excludes halogenated alkanes) is 1. The molecule has 0 unspecified atom stereocenters. The van der Waals surface area contributed by atoms with E-state index in [4.69, 9.17) is 0 Å². The largest absolute Gasteiger partial charge is 0.354 e. The van der Waals surface area contributed by atoms with Crippen molar-refractivity contribution >= 4 is 27.5 Å². The summed E-state index contributed by atoms with van der Waals surface area (Å²) in [6.07, 6.45) is 2.88. The van der Waals surface area contributed by atoms with Gasteiger partial charge in [0.25, 0.3) is 0 Å². The fraction of sp³-hybridized carbons (Fsp3) is 0.481. The fourth-order valence-corrected chi connectivity index (χ4v) is 4.50. The molecule has 0 fully saturated rings. The van der Waals surface area contributed by atoms with Crippen LogP contribution in [0.2, 0.25) is 0 Å². The summed E-state index contributed by atoms with van der Waals surface area (Å²) in [5.74, 6) is -0.400. The smallest absolute Gasteiger partial charge is 0.244 e. The van der Waals surface area contributed by atoms with E-state index in [9.17, 15) is 18.0 Å². The molecule has 0 spiro atoms. The van der Waals surface area contributed by atoms with Crippen LogP contribution >= 0.6 is 0 Å². The molecule has 2 aromatic rings. The van der Waals surface area contributed by atoms with Gasteiger partial charge in [-0.1, -0.05) is 69.2 Å². The number of hydrogen-bond acceptors (Lipinski definition) is 4. The Morgan fingerprint density at radius 2 is 1.57 bits per heavy atom. The Bertz CT molecular complexity index is 1080. The van der Waals surface area contributed by atoms with Gasteiger partial charge in [0.05, 0.1) is 11.9 Å². The molecule has 0 aliphatic carbocycles. The molecule has 0 bridgehead atoms. The maximum Gasteiger partial charge on any atom is 0.244 e. The second kappa shape index (κ2) is 12.7. The third kappa shape index (κ3) is 8.38. The normalized spacial score (nSPS) is 12.3. The zero-order chi connectivity index (χ0) is 26.2. The van der Waals surface area contributed by atoms with E-state index in [1.807, 2.05) is 50.2 Å². The summed E-state index contributed by atoms with van der Waals surface area (Å²) in [5, 5.41) is 2.88. The molecule has 2 amide bonds. The average Bonchev–Trinajstić information content (AvgIpc) is 2.81. The van der Waals surface area contributed by atoms with Crippen LogP contribution < -0.4 is 9.62 Å². The van der Waals surface area contributed by atoms with Crippen molar-refractivity contribution < 1.29 is 18.0 Å². The first kappa shape index (κ1) is 28.4. The number of hydrogen-bond donors (Lipinski definition) is 1. The lowest BCUT2D eigenvalue weighted by Crippen LogP contribution is -2.51. The number of anilines is 1. The van der Waals surface area contributed by atoms with E-state index in [-0.39, 0.29) is 12.5 Å². The van der Waals surface area contributed by atoms with E-state index in [2.05, 4.69) is 19.2 Å². The topological polar surface area (TPSA) is 86.8 Å². The number of amides is 2. The molecule has 8 heteroatoms. The van der Waals surface area contributed by atoms with Crippen molar-refractivity contribution in [1.29, 1.82) is 0 Å². The molecule has 7 nitrogen and oxygen atoms in total. The molecule has 0 saturated heterocycles. The predicted molar refractivity (Wildman–Crippen MR) is 142 cm³/mol. The van der Waals surface area contributed by atoms with E-state index in [0.29, 0.717) is 18.2 Å². The van der Waals surface area contributed by atoms with Gasteiger partial charge >= 0.3 is 0 Å². The maximum atomic E-state index is 13.5. The SMILES string of the molecule is CCCCNC(=O)[C@H](C)N(Cc1ccc(C)cc1)C(=O)CN(c1ccc(C(C)C)cc1)S(C)(=O)=O.